The van der Waals surface area contributed by atoms with Crippen molar-refractivity contribution in [2.75, 3.05) is 6.54 Å². The van der Waals surface area contributed by atoms with Gasteiger partial charge in [0.25, 0.3) is 5.91 Å². The second-order valence-electron chi connectivity index (χ2n) is 7.97. The molecule has 7 nitrogen and oxygen atoms in total. The molecule has 0 spiro atoms. The third-order valence-electron chi connectivity index (χ3n) is 5.29. The maximum Gasteiger partial charge on any atom is 0.251 e. The molecule has 1 heterocycles. The number of hydrogen-bond donors (Lipinski definition) is 2. The zero-order valence-corrected chi connectivity index (χ0v) is 19.7. The predicted molar refractivity (Wildman–Crippen MR) is 126 cm³/mol. The minimum Gasteiger partial charge on any atom is -0.352 e. The van der Waals surface area contributed by atoms with Gasteiger partial charge in [-0.05, 0) is 81.6 Å². The quantitative estimate of drug-likeness (QED) is 0.517. The summed E-state index contributed by atoms with van der Waals surface area (Å²) in [6, 6.07) is 16.0. The minimum absolute atomic E-state index is 0.148. The Morgan fingerprint density at radius 2 is 1.72 bits per heavy atom. The first-order valence-corrected chi connectivity index (χ1v) is 12.2. The van der Waals surface area contributed by atoms with Gasteiger partial charge in [-0.15, -0.1) is 0 Å². The Hall–Kier alpha value is -2.97. The van der Waals surface area contributed by atoms with Crippen LogP contribution in [0.5, 0.6) is 0 Å². The maximum atomic E-state index is 12.4. The Morgan fingerprint density at radius 1 is 1.06 bits per heavy atom. The van der Waals surface area contributed by atoms with E-state index >= 15 is 0 Å². The van der Waals surface area contributed by atoms with E-state index in [0.29, 0.717) is 24.9 Å². The Balaban J connectivity index is 1.54. The number of carbonyl (C=O) groups excluding carboxylic acids is 1. The summed E-state index contributed by atoms with van der Waals surface area (Å²) in [7, 11) is -3.58. The van der Waals surface area contributed by atoms with E-state index in [1.165, 1.54) is 24.3 Å². The summed E-state index contributed by atoms with van der Waals surface area (Å²) in [5.41, 5.74) is 4.59. The molecule has 1 atom stereocenters. The van der Waals surface area contributed by atoms with Gasteiger partial charge in [-0.3, -0.25) is 4.79 Å². The lowest BCUT2D eigenvalue weighted by atomic mass is 10.1. The molecule has 2 aromatic carbocycles. The molecule has 1 amide bonds. The summed E-state index contributed by atoms with van der Waals surface area (Å²) in [4.78, 5) is 12.6. The van der Waals surface area contributed by atoms with Gasteiger partial charge >= 0.3 is 0 Å². The monoisotopic (exact) mass is 454 g/mol. The van der Waals surface area contributed by atoms with E-state index in [1.807, 2.05) is 62.7 Å². The van der Waals surface area contributed by atoms with E-state index in [0.717, 1.165) is 22.6 Å². The number of carbonyl (C=O) groups is 1. The van der Waals surface area contributed by atoms with Gasteiger partial charge in [-0.1, -0.05) is 19.1 Å². The second kappa shape index (κ2) is 10.1. The van der Waals surface area contributed by atoms with Crippen LogP contribution in [0.25, 0.3) is 5.69 Å². The lowest BCUT2D eigenvalue weighted by molar-refractivity contribution is 0.0954. The Kier molecular flexibility index (Phi) is 7.48. The van der Waals surface area contributed by atoms with Crippen LogP contribution in [-0.2, 0) is 16.4 Å². The van der Waals surface area contributed by atoms with E-state index < -0.39 is 10.0 Å². The molecule has 170 valence electrons. The van der Waals surface area contributed by atoms with Crippen molar-refractivity contribution in [3.05, 3.63) is 77.1 Å². The number of nitrogens with one attached hydrogen (secondary N) is 2. The summed E-state index contributed by atoms with van der Waals surface area (Å²) in [6.45, 7) is 8.20. The van der Waals surface area contributed by atoms with Gasteiger partial charge < -0.3 is 5.32 Å². The zero-order chi connectivity index (χ0) is 23.3. The van der Waals surface area contributed by atoms with Crippen LogP contribution >= 0.6 is 0 Å². The normalized spacial score (nSPS) is 12.5. The van der Waals surface area contributed by atoms with Crippen LogP contribution in [0, 0.1) is 13.8 Å². The molecule has 0 aliphatic rings. The zero-order valence-electron chi connectivity index (χ0n) is 18.9. The molecule has 0 bridgehead atoms. The van der Waals surface area contributed by atoms with E-state index in [9.17, 15) is 13.2 Å². The Morgan fingerprint density at radius 3 is 2.28 bits per heavy atom. The number of rotatable bonds is 9. The molecule has 32 heavy (non-hydrogen) atoms. The largest absolute Gasteiger partial charge is 0.352 e. The van der Waals surface area contributed by atoms with Gasteiger partial charge in [0.15, 0.2) is 0 Å². The smallest absolute Gasteiger partial charge is 0.251 e. The lowest BCUT2D eigenvalue weighted by Crippen LogP contribution is -2.32. The fraction of sp³-hybridized carbons (Fsp3) is 0.333. The number of amides is 1. The Bertz CT molecular complexity index is 1170. The molecular weight excluding hydrogens is 424 g/mol. The second-order valence-corrected chi connectivity index (χ2v) is 9.68. The van der Waals surface area contributed by atoms with Crippen molar-refractivity contribution >= 4 is 15.9 Å². The number of aryl methyl sites for hydroxylation is 2. The number of hydrogen-bond acceptors (Lipinski definition) is 4. The first-order valence-electron chi connectivity index (χ1n) is 10.7. The fourth-order valence-electron chi connectivity index (χ4n) is 3.32. The van der Waals surface area contributed by atoms with Crippen LogP contribution in [0.15, 0.2) is 59.5 Å². The fourth-order valence-corrected chi connectivity index (χ4v) is 4.65. The first kappa shape index (κ1) is 23.7. The number of aromatic nitrogens is 2. The molecule has 3 rings (SSSR count). The predicted octanol–water partition coefficient (Wildman–Crippen LogP) is 3.54. The molecule has 2 N–H and O–H groups in total. The summed E-state index contributed by atoms with van der Waals surface area (Å²) in [6.07, 6.45) is 1.39. The standard InChI is InChI=1S/C24H30N4O3S/c1-5-17(2)27-32(30,31)23-12-8-21(9-13-23)24(29)25-15-14-20-6-10-22(11-7-20)28-19(4)16-18(3)26-28/h6-13,16-17,27H,5,14-15H2,1-4H3,(H,25,29). The van der Waals surface area contributed by atoms with E-state index in [1.54, 1.807) is 0 Å². The van der Waals surface area contributed by atoms with Crippen molar-refractivity contribution in [1.82, 2.24) is 19.8 Å². The van der Waals surface area contributed by atoms with Crippen LogP contribution in [0.2, 0.25) is 0 Å². The van der Waals surface area contributed by atoms with E-state index in [-0.39, 0.29) is 16.8 Å². The van der Waals surface area contributed by atoms with Gasteiger partial charge in [0, 0.05) is 23.8 Å². The highest BCUT2D eigenvalue weighted by Gasteiger charge is 2.17. The van der Waals surface area contributed by atoms with Crippen LogP contribution in [0.3, 0.4) is 0 Å². The topological polar surface area (TPSA) is 93.1 Å². The molecule has 0 saturated carbocycles. The van der Waals surface area contributed by atoms with Crippen molar-refractivity contribution in [2.45, 2.75) is 51.5 Å². The molecule has 1 aromatic heterocycles. The average Bonchev–Trinajstić information content (AvgIpc) is 3.11. The molecule has 0 saturated heterocycles. The van der Waals surface area contributed by atoms with Crippen LogP contribution in [-0.4, -0.2) is 36.7 Å². The number of sulfonamides is 1. The van der Waals surface area contributed by atoms with Gasteiger partial charge in [-0.2, -0.15) is 5.10 Å². The molecule has 3 aromatic rings. The summed E-state index contributed by atoms with van der Waals surface area (Å²) in [5, 5.41) is 7.37. The Labute approximate surface area is 189 Å². The molecule has 0 radical (unpaired) electrons. The van der Waals surface area contributed by atoms with Crippen molar-refractivity contribution < 1.29 is 13.2 Å². The lowest BCUT2D eigenvalue weighted by Gasteiger charge is -2.12. The van der Waals surface area contributed by atoms with E-state index in [4.69, 9.17) is 0 Å². The highest BCUT2D eigenvalue weighted by molar-refractivity contribution is 7.89. The maximum absolute atomic E-state index is 12.4. The third-order valence-corrected chi connectivity index (χ3v) is 6.89. The number of nitrogens with zero attached hydrogens (tertiary/aromatic N) is 2. The molecule has 0 aliphatic heterocycles. The van der Waals surface area contributed by atoms with Crippen LogP contribution in [0.1, 0.15) is 47.6 Å². The van der Waals surface area contributed by atoms with Gasteiger partial charge in [0.05, 0.1) is 16.3 Å². The first-order chi connectivity index (χ1) is 15.2. The highest BCUT2D eigenvalue weighted by atomic mass is 32.2. The van der Waals surface area contributed by atoms with Crippen molar-refractivity contribution in [1.29, 1.82) is 0 Å². The third kappa shape index (κ3) is 5.83. The van der Waals surface area contributed by atoms with Crippen LogP contribution < -0.4 is 10.0 Å². The molecule has 8 heteroatoms. The van der Waals surface area contributed by atoms with Gasteiger partial charge in [0.2, 0.25) is 10.0 Å². The number of benzene rings is 2. The summed E-state index contributed by atoms with van der Waals surface area (Å²) < 4.78 is 29.2. The average molecular weight is 455 g/mol. The van der Waals surface area contributed by atoms with Gasteiger partial charge in [0.1, 0.15) is 0 Å². The van der Waals surface area contributed by atoms with Gasteiger partial charge in [-0.25, -0.2) is 17.8 Å². The van der Waals surface area contributed by atoms with Crippen molar-refractivity contribution in [2.24, 2.45) is 0 Å². The van der Waals surface area contributed by atoms with Crippen molar-refractivity contribution in [3.8, 4) is 5.69 Å². The van der Waals surface area contributed by atoms with E-state index in [2.05, 4.69) is 15.1 Å². The molecular formula is C24H30N4O3S. The van der Waals surface area contributed by atoms with Crippen LogP contribution in [0.4, 0.5) is 0 Å². The molecule has 0 fully saturated rings. The summed E-state index contributed by atoms with van der Waals surface area (Å²) in [5.74, 6) is -0.233. The summed E-state index contributed by atoms with van der Waals surface area (Å²) >= 11 is 0. The molecule has 1 unspecified atom stereocenters. The SMILES string of the molecule is CCC(C)NS(=O)(=O)c1ccc(C(=O)NCCc2ccc(-n3nc(C)cc3C)cc2)cc1. The molecule has 0 aliphatic carbocycles. The van der Waals surface area contributed by atoms with Crippen molar-refractivity contribution in [3.63, 3.8) is 0 Å². The highest BCUT2D eigenvalue weighted by Crippen LogP contribution is 2.14. The minimum atomic E-state index is -3.58.